The number of hydrogen-bond acceptors (Lipinski definition) is 6. The van der Waals surface area contributed by atoms with Gasteiger partial charge in [-0.3, -0.25) is 9.78 Å². The Morgan fingerprint density at radius 3 is 2.50 bits per heavy atom. The van der Waals surface area contributed by atoms with Crippen LogP contribution in [0.25, 0.3) is 11.4 Å². The Morgan fingerprint density at radius 2 is 1.82 bits per heavy atom. The largest absolute Gasteiger partial charge is 0.472 e. The number of alkyl halides is 3. The van der Waals surface area contributed by atoms with E-state index >= 15 is 0 Å². The molecule has 4 aliphatic rings. The number of piperidine rings is 2. The van der Waals surface area contributed by atoms with Crippen LogP contribution in [0.4, 0.5) is 13.2 Å². The summed E-state index contributed by atoms with van der Waals surface area (Å²) >= 11 is 0. The highest BCUT2D eigenvalue weighted by molar-refractivity contribution is 5.99. The maximum absolute atomic E-state index is 13.7. The number of carbonyl (C=O) groups is 1. The predicted molar refractivity (Wildman–Crippen MR) is 114 cm³/mol. The third-order valence-corrected chi connectivity index (χ3v) is 7.02. The number of fused-ring (bicyclic) bond motifs is 1. The lowest BCUT2D eigenvalue weighted by Gasteiger charge is -2.39. The molecule has 2 aliphatic heterocycles. The van der Waals surface area contributed by atoms with Crippen LogP contribution >= 0.6 is 0 Å². The van der Waals surface area contributed by atoms with E-state index < -0.39 is 11.7 Å². The van der Waals surface area contributed by atoms with Gasteiger partial charge in [-0.25, -0.2) is 15.0 Å². The van der Waals surface area contributed by atoms with Gasteiger partial charge in [0.2, 0.25) is 5.88 Å². The molecule has 2 saturated heterocycles. The fourth-order valence-corrected chi connectivity index (χ4v) is 5.49. The molecule has 3 aromatic rings. The van der Waals surface area contributed by atoms with Crippen LogP contribution in [0.5, 0.6) is 5.88 Å². The summed E-state index contributed by atoms with van der Waals surface area (Å²) in [6, 6.07) is 5.71. The van der Waals surface area contributed by atoms with Crippen LogP contribution in [-0.2, 0) is 6.18 Å². The summed E-state index contributed by atoms with van der Waals surface area (Å²) in [5, 5.41) is 0. The SMILES string of the molecule is Cc1cnc(C(=O)N2C3CC4C(CC3Oc3ccc(C(F)(F)F)cn3)C42)c(-c2ncccn2)c1. The Bertz CT molecular complexity index is 1250. The highest BCUT2D eigenvalue weighted by Crippen LogP contribution is 2.61. The van der Waals surface area contributed by atoms with E-state index in [2.05, 4.69) is 19.9 Å². The topological polar surface area (TPSA) is 81.1 Å². The van der Waals surface area contributed by atoms with E-state index in [1.165, 1.54) is 6.07 Å². The Morgan fingerprint density at radius 1 is 1.06 bits per heavy atom. The fourth-order valence-electron chi connectivity index (χ4n) is 5.49. The molecule has 4 bridgehead atoms. The molecule has 10 heteroatoms. The smallest absolute Gasteiger partial charge is 0.417 e. The molecule has 1 amide bonds. The van der Waals surface area contributed by atoms with Crippen molar-refractivity contribution in [3.8, 4) is 17.3 Å². The normalized spacial score (nSPS) is 26.9. The van der Waals surface area contributed by atoms with Crippen molar-refractivity contribution in [3.05, 3.63) is 65.9 Å². The number of ether oxygens (including phenoxy) is 1. The Kier molecular flexibility index (Phi) is 4.62. The molecule has 5 unspecified atom stereocenters. The van der Waals surface area contributed by atoms with Crippen molar-refractivity contribution < 1.29 is 22.7 Å². The molecular formula is C24H20F3N5O2. The number of hydrogen-bond donors (Lipinski definition) is 0. The van der Waals surface area contributed by atoms with Crippen LogP contribution in [0.15, 0.2) is 49.1 Å². The summed E-state index contributed by atoms with van der Waals surface area (Å²) < 4.78 is 44.5. The van der Waals surface area contributed by atoms with E-state index in [9.17, 15) is 18.0 Å². The van der Waals surface area contributed by atoms with Crippen LogP contribution in [0.1, 0.15) is 34.5 Å². The second-order valence-electron chi connectivity index (χ2n) is 9.09. The standard InChI is InChI=1S/C24H20F3N5O2/c1-12-7-16(22-28-5-2-6-29-22)20(31-10-12)23(33)32-17-8-14-15(21(14)32)9-18(17)34-19-4-3-13(11-30-19)24(25,26)27/h2-7,10-11,14-15,17-18,21H,8-9H2,1H3. The summed E-state index contributed by atoms with van der Waals surface area (Å²) in [5.74, 6) is 1.10. The lowest BCUT2D eigenvalue weighted by molar-refractivity contribution is -0.137. The van der Waals surface area contributed by atoms with Gasteiger partial charge in [0, 0.05) is 36.9 Å². The molecule has 0 spiro atoms. The monoisotopic (exact) mass is 467 g/mol. The Balaban J connectivity index is 1.27. The Labute approximate surface area is 193 Å². The lowest BCUT2D eigenvalue weighted by Crippen LogP contribution is -2.52. The van der Waals surface area contributed by atoms with Crippen molar-refractivity contribution in [2.24, 2.45) is 11.8 Å². The molecule has 0 N–H and O–H groups in total. The second kappa shape index (κ2) is 7.48. The Hall–Kier alpha value is -3.56. The molecule has 0 aromatic carbocycles. The van der Waals surface area contributed by atoms with Gasteiger partial charge in [-0.15, -0.1) is 0 Å². The van der Waals surface area contributed by atoms with Gasteiger partial charge in [0.05, 0.1) is 17.2 Å². The third-order valence-electron chi connectivity index (χ3n) is 7.02. The van der Waals surface area contributed by atoms with Crippen molar-refractivity contribution in [2.75, 3.05) is 0 Å². The summed E-state index contributed by atoms with van der Waals surface area (Å²) in [6.45, 7) is 1.89. The van der Waals surface area contributed by atoms with Gasteiger partial charge in [-0.1, -0.05) is 0 Å². The second-order valence-corrected chi connectivity index (χ2v) is 9.09. The minimum Gasteiger partial charge on any atom is -0.472 e. The first-order valence-electron chi connectivity index (χ1n) is 11.1. The van der Waals surface area contributed by atoms with Gasteiger partial charge in [-0.05, 0) is 55.4 Å². The van der Waals surface area contributed by atoms with E-state index in [4.69, 9.17) is 4.74 Å². The fraction of sp³-hybridized carbons (Fsp3) is 0.375. The van der Waals surface area contributed by atoms with E-state index in [0.717, 1.165) is 30.7 Å². The van der Waals surface area contributed by atoms with Crippen LogP contribution < -0.4 is 4.74 Å². The number of halogens is 3. The highest BCUT2D eigenvalue weighted by Gasteiger charge is 2.68. The van der Waals surface area contributed by atoms with Crippen LogP contribution in [0.2, 0.25) is 0 Å². The van der Waals surface area contributed by atoms with E-state index in [-0.39, 0.29) is 30.0 Å². The predicted octanol–water partition coefficient (Wildman–Crippen LogP) is 3.94. The van der Waals surface area contributed by atoms with Gasteiger partial charge < -0.3 is 9.64 Å². The van der Waals surface area contributed by atoms with Gasteiger partial charge in [0.15, 0.2) is 5.82 Å². The number of nitrogens with zero attached hydrogens (tertiary/aromatic N) is 5. The zero-order chi connectivity index (χ0) is 23.6. The summed E-state index contributed by atoms with van der Waals surface area (Å²) in [6.07, 6.45) is 2.42. The minimum atomic E-state index is -4.46. The van der Waals surface area contributed by atoms with Crippen molar-refractivity contribution >= 4 is 5.91 Å². The first-order chi connectivity index (χ1) is 16.3. The average Bonchev–Trinajstić information content (AvgIpc) is 3.39. The maximum atomic E-state index is 13.7. The highest BCUT2D eigenvalue weighted by atomic mass is 19.4. The van der Waals surface area contributed by atoms with Crippen molar-refractivity contribution in [1.29, 1.82) is 0 Å². The van der Waals surface area contributed by atoms with E-state index in [0.29, 0.717) is 28.9 Å². The van der Waals surface area contributed by atoms with Gasteiger partial charge in [0.25, 0.3) is 5.91 Å². The summed E-state index contributed by atoms with van der Waals surface area (Å²) in [4.78, 5) is 32.5. The van der Waals surface area contributed by atoms with Crippen molar-refractivity contribution in [3.63, 3.8) is 0 Å². The molecule has 5 heterocycles. The van der Waals surface area contributed by atoms with Crippen LogP contribution in [-0.4, -0.2) is 48.9 Å². The first kappa shape index (κ1) is 21.0. The molecule has 174 valence electrons. The molecule has 2 aliphatic carbocycles. The molecule has 4 fully saturated rings. The minimum absolute atomic E-state index is 0.125. The van der Waals surface area contributed by atoms with Crippen molar-refractivity contribution in [1.82, 2.24) is 24.8 Å². The molecule has 34 heavy (non-hydrogen) atoms. The quantitative estimate of drug-likeness (QED) is 0.578. The first-order valence-corrected chi connectivity index (χ1v) is 11.1. The number of aromatic nitrogens is 4. The molecule has 2 saturated carbocycles. The van der Waals surface area contributed by atoms with E-state index in [1.807, 2.05) is 17.9 Å². The average molecular weight is 467 g/mol. The molecule has 0 radical (unpaired) electrons. The van der Waals surface area contributed by atoms with E-state index in [1.54, 1.807) is 24.7 Å². The number of rotatable bonds is 4. The van der Waals surface area contributed by atoms with Gasteiger partial charge in [-0.2, -0.15) is 13.2 Å². The molecule has 7 nitrogen and oxygen atoms in total. The van der Waals surface area contributed by atoms with Crippen LogP contribution in [0, 0.1) is 18.8 Å². The molecule has 7 rings (SSSR count). The lowest BCUT2D eigenvalue weighted by atomic mass is 9.90. The number of aryl methyl sites for hydroxylation is 1. The zero-order valence-corrected chi connectivity index (χ0v) is 18.1. The molecule has 5 atom stereocenters. The maximum Gasteiger partial charge on any atom is 0.417 e. The number of pyridine rings is 2. The molecule has 3 aromatic heterocycles. The molecular weight excluding hydrogens is 447 g/mol. The third kappa shape index (κ3) is 3.39. The van der Waals surface area contributed by atoms with Gasteiger partial charge in [0.1, 0.15) is 11.8 Å². The van der Waals surface area contributed by atoms with Gasteiger partial charge >= 0.3 is 6.18 Å². The number of amides is 1. The van der Waals surface area contributed by atoms with Crippen LogP contribution in [0.3, 0.4) is 0 Å². The zero-order valence-electron chi connectivity index (χ0n) is 18.1. The summed E-state index contributed by atoms with van der Waals surface area (Å²) in [7, 11) is 0. The van der Waals surface area contributed by atoms with Crippen molar-refractivity contribution in [2.45, 2.75) is 44.1 Å². The summed E-state index contributed by atoms with van der Waals surface area (Å²) in [5.41, 5.74) is 0.932. The number of carbonyl (C=O) groups excluding carboxylic acids is 1.